The van der Waals surface area contributed by atoms with E-state index in [1.54, 1.807) is 18.5 Å². The number of pyridine rings is 1. The quantitative estimate of drug-likeness (QED) is 0.792. The van der Waals surface area contributed by atoms with Crippen LogP contribution in [0.2, 0.25) is 0 Å². The van der Waals surface area contributed by atoms with Crippen molar-refractivity contribution >= 4 is 10.9 Å². The zero-order valence-electron chi connectivity index (χ0n) is 12.9. The van der Waals surface area contributed by atoms with Gasteiger partial charge in [-0.15, -0.1) is 0 Å². The highest BCUT2D eigenvalue weighted by Gasteiger charge is 2.14. The molecule has 0 saturated carbocycles. The number of hydrogen-bond donors (Lipinski definition) is 1. The van der Waals surface area contributed by atoms with E-state index >= 15 is 0 Å². The van der Waals surface area contributed by atoms with E-state index in [0.717, 1.165) is 28.6 Å². The van der Waals surface area contributed by atoms with E-state index < -0.39 is 0 Å². The molecule has 2 aromatic heterocycles. The molecule has 22 heavy (non-hydrogen) atoms. The van der Waals surface area contributed by atoms with Crippen molar-refractivity contribution in [3.8, 4) is 11.1 Å². The average molecular weight is 297 g/mol. The minimum Gasteiger partial charge on any atom is -0.347 e. The Kier molecular flexibility index (Phi) is 3.94. The molecule has 0 unspecified atom stereocenters. The monoisotopic (exact) mass is 297 g/mol. The summed E-state index contributed by atoms with van der Waals surface area (Å²) in [6.07, 6.45) is 5.40. The Morgan fingerprint density at radius 1 is 1.23 bits per heavy atom. The van der Waals surface area contributed by atoms with Crippen LogP contribution in [0.15, 0.2) is 42.9 Å². The Morgan fingerprint density at radius 3 is 2.59 bits per heavy atom. The minimum absolute atomic E-state index is 0.226. The van der Waals surface area contributed by atoms with E-state index in [0.29, 0.717) is 18.0 Å². The van der Waals surface area contributed by atoms with Gasteiger partial charge in [-0.2, -0.15) is 0 Å². The van der Waals surface area contributed by atoms with E-state index in [2.05, 4.69) is 23.4 Å². The van der Waals surface area contributed by atoms with Crippen LogP contribution in [-0.2, 0) is 13.1 Å². The van der Waals surface area contributed by atoms with E-state index in [1.807, 2.05) is 24.4 Å². The number of rotatable bonds is 4. The summed E-state index contributed by atoms with van der Waals surface area (Å²) in [4.78, 5) is 3.99. The number of nitrogens with zero attached hydrogens (tertiary/aromatic N) is 2. The van der Waals surface area contributed by atoms with E-state index in [1.165, 1.54) is 0 Å². The third kappa shape index (κ3) is 2.62. The van der Waals surface area contributed by atoms with Crippen LogP contribution in [0.5, 0.6) is 0 Å². The van der Waals surface area contributed by atoms with Crippen molar-refractivity contribution in [1.82, 2.24) is 9.55 Å². The van der Waals surface area contributed by atoms with Gasteiger partial charge < -0.3 is 10.3 Å². The molecule has 0 radical (unpaired) electrons. The zero-order valence-corrected chi connectivity index (χ0v) is 12.9. The third-order valence-corrected chi connectivity index (χ3v) is 3.83. The fraction of sp³-hybridized carbons (Fsp3) is 0.278. The number of aromatic nitrogens is 2. The summed E-state index contributed by atoms with van der Waals surface area (Å²) in [5, 5.41) is 0.901. The average Bonchev–Trinajstić information content (AvgIpc) is 2.83. The molecule has 0 atom stereocenters. The van der Waals surface area contributed by atoms with E-state index in [-0.39, 0.29) is 5.82 Å². The Balaban J connectivity index is 2.22. The smallest absolute Gasteiger partial charge is 0.131 e. The molecule has 3 rings (SSSR count). The van der Waals surface area contributed by atoms with Gasteiger partial charge in [-0.3, -0.25) is 4.98 Å². The second kappa shape index (κ2) is 5.89. The summed E-state index contributed by atoms with van der Waals surface area (Å²) in [5.41, 5.74) is 9.26. The SMILES string of the molecule is CC(C)Cn1cc(CN)c2cc(F)c(-c3ccncc3)cc21. The van der Waals surface area contributed by atoms with Crippen LogP contribution in [-0.4, -0.2) is 9.55 Å². The number of benzene rings is 1. The molecular formula is C18H20FN3. The van der Waals surface area contributed by atoms with Crippen molar-refractivity contribution < 1.29 is 4.39 Å². The molecular weight excluding hydrogens is 277 g/mol. The molecule has 0 fully saturated rings. The van der Waals surface area contributed by atoms with Crippen LogP contribution in [0.25, 0.3) is 22.0 Å². The first-order valence-electron chi connectivity index (χ1n) is 7.52. The molecule has 0 bridgehead atoms. The van der Waals surface area contributed by atoms with Gasteiger partial charge in [0.1, 0.15) is 5.82 Å². The normalized spacial score (nSPS) is 11.5. The lowest BCUT2D eigenvalue weighted by Gasteiger charge is -2.10. The van der Waals surface area contributed by atoms with E-state index in [9.17, 15) is 4.39 Å². The fourth-order valence-electron chi connectivity index (χ4n) is 2.84. The van der Waals surface area contributed by atoms with Crippen LogP contribution >= 0.6 is 0 Å². The van der Waals surface area contributed by atoms with Crippen LogP contribution in [0, 0.1) is 11.7 Å². The summed E-state index contributed by atoms with van der Waals surface area (Å²) in [7, 11) is 0. The Labute approximate surface area is 129 Å². The van der Waals surface area contributed by atoms with Crippen molar-refractivity contribution in [2.75, 3.05) is 0 Å². The molecule has 4 heteroatoms. The van der Waals surface area contributed by atoms with Gasteiger partial charge in [-0.25, -0.2) is 4.39 Å². The predicted octanol–water partition coefficient (Wildman–Crippen LogP) is 3.96. The molecule has 2 heterocycles. The van der Waals surface area contributed by atoms with Gasteiger partial charge in [0.2, 0.25) is 0 Å². The highest BCUT2D eigenvalue weighted by atomic mass is 19.1. The number of halogens is 1. The Hall–Kier alpha value is -2.20. The first-order chi connectivity index (χ1) is 10.6. The maximum absolute atomic E-state index is 14.5. The molecule has 2 N–H and O–H groups in total. The highest BCUT2D eigenvalue weighted by Crippen LogP contribution is 2.30. The minimum atomic E-state index is -0.226. The van der Waals surface area contributed by atoms with Gasteiger partial charge in [-0.05, 0) is 41.3 Å². The van der Waals surface area contributed by atoms with E-state index in [4.69, 9.17) is 5.73 Å². The van der Waals surface area contributed by atoms with Crippen molar-refractivity contribution in [1.29, 1.82) is 0 Å². The highest BCUT2D eigenvalue weighted by molar-refractivity contribution is 5.88. The topological polar surface area (TPSA) is 43.8 Å². The fourth-order valence-corrected chi connectivity index (χ4v) is 2.84. The standard InChI is InChI=1S/C18H20FN3/c1-12(2)10-22-11-14(9-20)16-7-17(19)15(8-18(16)22)13-3-5-21-6-4-13/h3-8,11-12H,9-10,20H2,1-2H3. The number of hydrogen-bond acceptors (Lipinski definition) is 2. The summed E-state index contributed by atoms with van der Waals surface area (Å²) in [6, 6.07) is 7.17. The first kappa shape index (κ1) is 14.7. The van der Waals surface area contributed by atoms with Gasteiger partial charge in [0.05, 0.1) is 0 Å². The van der Waals surface area contributed by atoms with Crippen LogP contribution < -0.4 is 5.73 Å². The first-order valence-corrected chi connectivity index (χ1v) is 7.52. The second-order valence-corrected chi connectivity index (χ2v) is 5.99. The summed E-state index contributed by atoms with van der Waals surface area (Å²) in [5.74, 6) is 0.284. The molecule has 0 spiro atoms. The van der Waals surface area contributed by atoms with Gasteiger partial charge in [0.15, 0.2) is 0 Å². The van der Waals surface area contributed by atoms with Crippen LogP contribution in [0.4, 0.5) is 4.39 Å². The second-order valence-electron chi connectivity index (χ2n) is 5.99. The molecule has 0 aliphatic rings. The van der Waals surface area contributed by atoms with Crippen molar-refractivity contribution in [2.45, 2.75) is 26.9 Å². The van der Waals surface area contributed by atoms with Crippen LogP contribution in [0.1, 0.15) is 19.4 Å². The van der Waals surface area contributed by atoms with Gasteiger partial charge in [0.25, 0.3) is 0 Å². The molecule has 0 aliphatic heterocycles. The van der Waals surface area contributed by atoms with Gasteiger partial charge >= 0.3 is 0 Å². The van der Waals surface area contributed by atoms with Crippen LogP contribution in [0.3, 0.4) is 0 Å². The van der Waals surface area contributed by atoms with Crippen molar-refractivity contribution in [3.05, 3.63) is 54.2 Å². The lowest BCUT2D eigenvalue weighted by Crippen LogP contribution is -2.03. The zero-order chi connectivity index (χ0) is 15.7. The molecule has 3 aromatic rings. The summed E-state index contributed by atoms with van der Waals surface area (Å²) in [6.45, 7) is 5.63. The summed E-state index contributed by atoms with van der Waals surface area (Å²) < 4.78 is 16.7. The molecule has 3 nitrogen and oxygen atoms in total. The lowest BCUT2D eigenvalue weighted by molar-refractivity contribution is 0.534. The maximum atomic E-state index is 14.5. The largest absolute Gasteiger partial charge is 0.347 e. The van der Waals surface area contributed by atoms with Gasteiger partial charge in [-0.1, -0.05) is 13.8 Å². The Bertz CT molecular complexity index is 791. The number of fused-ring (bicyclic) bond motifs is 1. The maximum Gasteiger partial charge on any atom is 0.131 e. The number of nitrogens with two attached hydrogens (primary N) is 1. The van der Waals surface area contributed by atoms with Crippen molar-refractivity contribution in [3.63, 3.8) is 0 Å². The molecule has 114 valence electrons. The molecule has 0 saturated heterocycles. The predicted molar refractivity (Wildman–Crippen MR) is 87.9 cm³/mol. The third-order valence-electron chi connectivity index (χ3n) is 3.83. The van der Waals surface area contributed by atoms with Gasteiger partial charge in [0, 0.05) is 48.1 Å². The Morgan fingerprint density at radius 2 is 1.95 bits per heavy atom. The molecule has 0 amide bonds. The summed E-state index contributed by atoms with van der Waals surface area (Å²) >= 11 is 0. The molecule has 1 aromatic carbocycles. The molecule has 0 aliphatic carbocycles. The van der Waals surface area contributed by atoms with Crippen molar-refractivity contribution in [2.24, 2.45) is 11.7 Å². The lowest BCUT2D eigenvalue weighted by atomic mass is 10.0.